The van der Waals surface area contributed by atoms with Crippen LogP contribution in [-0.2, 0) is 4.79 Å². The summed E-state index contributed by atoms with van der Waals surface area (Å²) in [5, 5.41) is 2.73. The van der Waals surface area contributed by atoms with Crippen LogP contribution in [0.2, 0.25) is 0 Å². The molecule has 1 aliphatic carbocycles. The molecule has 0 unspecified atom stereocenters. The number of allylic oxidation sites excluding steroid dienone is 4. The zero-order valence-electron chi connectivity index (χ0n) is 6.99. The number of hydrogen-bond donors (Lipinski definition) is 1. The highest BCUT2D eigenvalue weighted by molar-refractivity contribution is 5.86. The van der Waals surface area contributed by atoms with E-state index in [-0.39, 0.29) is 5.91 Å². The molecule has 0 heterocycles. The van der Waals surface area contributed by atoms with Crippen LogP contribution in [0.15, 0.2) is 37.0 Å². The van der Waals surface area contributed by atoms with Crippen molar-refractivity contribution in [2.45, 2.75) is 6.42 Å². The number of hydrogen-bond acceptors (Lipinski definition) is 1. The second-order valence-electron chi connectivity index (χ2n) is 2.72. The Morgan fingerprint density at radius 3 is 2.75 bits per heavy atom. The zero-order valence-corrected chi connectivity index (χ0v) is 6.99. The van der Waals surface area contributed by atoms with Crippen LogP contribution in [0, 0.1) is 5.92 Å². The molecule has 2 heteroatoms. The first-order valence-electron chi connectivity index (χ1n) is 4.08. The molecule has 1 N–H and O–H groups in total. The van der Waals surface area contributed by atoms with Crippen molar-refractivity contribution in [1.82, 2.24) is 5.32 Å². The van der Waals surface area contributed by atoms with Crippen molar-refractivity contribution >= 4 is 5.91 Å². The maximum absolute atomic E-state index is 10.7. The third kappa shape index (κ3) is 2.74. The van der Waals surface area contributed by atoms with Crippen molar-refractivity contribution in [3.8, 4) is 0 Å². The molecule has 0 saturated carbocycles. The van der Waals surface area contributed by atoms with E-state index in [0.717, 1.165) is 6.42 Å². The Balaban J connectivity index is 2.10. The van der Waals surface area contributed by atoms with Gasteiger partial charge in [0.2, 0.25) is 5.91 Å². The summed E-state index contributed by atoms with van der Waals surface area (Å²) in [6.07, 6.45) is 10.6. The molecule has 0 fully saturated rings. The normalized spacial score (nSPS) is 15.0. The lowest BCUT2D eigenvalue weighted by atomic mass is 10.1. The van der Waals surface area contributed by atoms with E-state index in [4.69, 9.17) is 0 Å². The summed E-state index contributed by atoms with van der Waals surface area (Å²) in [5.74, 6) is 0.399. The SMILES string of the molecule is C=CC(=O)NCCC1C=CC=C1. The minimum atomic E-state index is -0.0963. The maximum atomic E-state index is 10.7. The number of carbonyl (C=O) groups is 1. The summed E-state index contributed by atoms with van der Waals surface area (Å²) in [5.41, 5.74) is 0. The van der Waals surface area contributed by atoms with Crippen LogP contribution in [-0.4, -0.2) is 12.5 Å². The summed E-state index contributed by atoms with van der Waals surface area (Å²) in [6.45, 7) is 4.08. The van der Waals surface area contributed by atoms with Crippen LogP contribution in [0.4, 0.5) is 0 Å². The van der Waals surface area contributed by atoms with Crippen LogP contribution in [0.5, 0.6) is 0 Å². The molecule has 0 aromatic rings. The van der Waals surface area contributed by atoms with E-state index in [0.29, 0.717) is 12.5 Å². The molecule has 0 aromatic heterocycles. The van der Waals surface area contributed by atoms with Gasteiger partial charge in [-0.05, 0) is 18.4 Å². The maximum Gasteiger partial charge on any atom is 0.243 e. The Kier molecular flexibility index (Phi) is 3.33. The van der Waals surface area contributed by atoms with Gasteiger partial charge in [-0.25, -0.2) is 0 Å². The molecule has 0 saturated heterocycles. The summed E-state index contributed by atoms with van der Waals surface area (Å²) in [4.78, 5) is 10.7. The highest BCUT2D eigenvalue weighted by Gasteiger charge is 2.02. The van der Waals surface area contributed by atoms with E-state index in [2.05, 4.69) is 24.0 Å². The topological polar surface area (TPSA) is 29.1 Å². The molecule has 0 bridgehead atoms. The van der Waals surface area contributed by atoms with Gasteiger partial charge in [-0.3, -0.25) is 4.79 Å². The minimum Gasteiger partial charge on any atom is -0.353 e. The van der Waals surface area contributed by atoms with Gasteiger partial charge < -0.3 is 5.32 Å². The number of amides is 1. The van der Waals surface area contributed by atoms with E-state index in [1.807, 2.05) is 12.2 Å². The predicted molar refractivity (Wildman–Crippen MR) is 49.6 cm³/mol. The van der Waals surface area contributed by atoms with Gasteiger partial charge >= 0.3 is 0 Å². The van der Waals surface area contributed by atoms with Crippen molar-refractivity contribution in [2.75, 3.05) is 6.54 Å². The zero-order chi connectivity index (χ0) is 8.81. The van der Waals surface area contributed by atoms with E-state index in [1.165, 1.54) is 6.08 Å². The van der Waals surface area contributed by atoms with Crippen molar-refractivity contribution in [3.63, 3.8) is 0 Å². The van der Waals surface area contributed by atoms with Gasteiger partial charge in [0.1, 0.15) is 0 Å². The molecule has 0 aliphatic heterocycles. The fourth-order valence-electron chi connectivity index (χ4n) is 1.10. The monoisotopic (exact) mass is 163 g/mol. The Bertz CT molecular complexity index is 216. The van der Waals surface area contributed by atoms with Gasteiger partial charge in [-0.1, -0.05) is 30.9 Å². The molecule has 64 valence electrons. The van der Waals surface area contributed by atoms with E-state index in [9.17, 15) is 4.79 Å². The molecular formula is C10H13NO. The lowest BCUT2D eigenvalue weighted by molar-refractivity contribution is -0.116. The first-order valence-corrected chi connectivity index (χ1v) is 4.08. The molecule has 12 heavy (non-hydrogen) atoms. The van der Waals surface area contributed by atoms with E-state index >= 15 is 0 Å². The fraction of sp³-hybridized carbons (Fsp3) is 0.300. The van der Waals surface area contributed by atoms with Gasteiger partial charge in [0.15, 0.2) is 0 Å². The summed E-state index contributed by atoms with van der Waals surface area (Å²) in [7, 11) is 0. The van der Waals surface area contributed by atoms with Gasteiger partial charge in [-0.2, -0.15) is 0 Å². The lowest BCUT2D eigenvalue weighted by Crippen LogP contribution is -2.22. The molecule has 0 atom stereocenters. The first kappa shape index (κ1) is 8.78. The van der Waals surface area contributed by atoms with Gasteiger partial charge in [0.05, 0.1) is 0 Å². The van der Waals surface area contributed by atoms with Crippen molar-refractivity contribution in [1.29, 1.82) is 0 Å². The quantitative estimate of drug-likeness (QED) is 0.624. The highest BCUT2D eigenvalue weighted by Crippen LogP contribution is 2.11. The molecule has 0 aromatic carbocycles. The highest BCUT2D eigenvalue weighted by atomic mass is 16.1. The first-order chi connectivity index (χ1) is 5.83. The van der Waals surface area contributed by atoms with Crippen LogP contribution in [0.1, 0.15) is 6.42 Å². The van der Waals surface area contributed by atoms with Gasteiger partial charge in [0, 0.05) is 6.54 Å². The average molecular weight is 163 g/mol. The van der Waals surface area contributed by atoms with Crippen molar-refractivity contribution in [2.24, 2.45) is 5.92 Å². The van der Waals surface area contributed by atoms with Crippen LogP contribution in [0.3, 0.4) is 0 Å². The molecule has 1 aliphatic rings. The molecule has 2 nitrogen and oxygen atoms in total. The van der Waals surface area contributed by atoms with E-state index < -0.39 is 0 Å². The van der Waals surface area contributed by atoms with Gasteiger partial charge in [-0.15, -0.1) is 0 Å². The average Bonchev–Trinajstić information content (AvgIpc) is 2.57. The molecular weight excluding hydrogens is 150 g/mol. The largest absolute Gasteiger partial charge is 0.353 e. The third-order valence-electron chi connectivity index (χ3n) is 1.79. The minimum absolute atomic E-state index is 0.0963. The second kappa shape index (κ2) is 4.54. The predicted octanol–water partition coefficient (Wildman–Crippen LogP) is 1.42. The van der Waals surface area contributed by atoms with Crippen LogP contribution in [0.25, 0.3) is 0 Å². The molecule has 1 amide bonds. The summed E-state index contributed by atoms with van der Waals surface area (Å²) in [6, 6.07) is 0. The van der Waals surface area contributed by atoms with Crippen molar-refractivity contribution in [3.05, 3.63) is 37.0 Å². The van der Waals surface area contributed by atoms with Crippen LogP contribution < -0.4 is 5.32 Å². The number of carbonyl (C=O) groups excluding carboxylic acids is 1. The summed E-state index contributed by atoms with van der Waals surface area (Å²) >= 11 is 0. The Hall–Kier alpha value is -1.31. The Labute approximate surface area is 72.7 Å². The molecule has 1 rings (SSSR count). The standard InChI is InChI=1S/C10H13NO/c1-2-10(12)11-8-7-9-5-3-4-6-9/h2-6,9H,1,7-8H2,(H,11,12). The summed E-state index contributed by atoms with van der Waals surface area (Å²) < 4.78 is 0. The molecule has 0 radical (unpaired) electrons. The van der Waals surface area contributed by atoms with Crippen LogP contribution >= 0.6 is 0 Å². The third-order valence-corrected chi connectivity index (χ3v) is 1.79. The molecule has 0 spiro atoms. The number of nitrogens with one attached hydrogen (secondary N) is 1. The van der Waals surface area contributed by atoms with E-state index in [1.54, 1.807) is 0 Å². The fourth-order valence-corrected chi connectivity index (χ4v) is 1.10. The number of rotatable bonds is 4. The van der Waals surface area contributed by atoms with Gasteiger partial charge in [0.25, 0.3) is 0 Å². The Morgan fingerprint density at radius 2 is 2.17 bits per heavy atom. The second-order valence-corrected chi connectivity index (χ2v) is 2.72. The lowest BCUT2D eigenvalue weighted by Gasteiger charge is -2.04. The van der Waals surface area contributed by atoms with Crippen molar-refractivity contribution < 1.29 is 4.79 Å². The Morgan fingerprint density at radius 1 is 1.50 bits per heavy atom. The smallest absolute Gasteiger partial charge is 0.243 e.